The van der Waals surface area contributed by atoms with Crippen molar-refractivity contribution in [1.82, 2.24) is 29.7 Å². The Labute approximate surface area is 419 Å². The lowest BCUT2D eigenvalue weighted by Crippen LogP contribution is -2.31. The van der Waals surface area contributed by atoms with Crippen molar-refractivity contribution >= 4 is 31.4 Å². The largest absolute Gasteiger partial charge is 0.490 e. The van der Waals surface area contributed by atoms with Crippen molar-refractivity contribution in [1.29, 1.82) is 5.26 Å². The summed E-state index contributed by atoms with van der Waals surface area (Å²) >= 11 is 0. The van der Waals surface area contributed by atoms with Crippen molar-refractivity contribution in [3.63, 3.8) is 0 Å². The van der Waals surface area contributed by atoms with Crippen LogP contribution in [0.5, 0.6) is 11.5 Å². The highest BCUT2D eigenvalue weighted by molar-refractivity contribution is 7.89. The quantitative estimate of drug-likeness (QED) is 0.0678. The van der Waals surface area contributed by atoms with E-state index >= 15 is 0 Å². The van der Waals surface area contributed by atoms with Crippen molar-refractivity contribution in [2.45, 2.75) is 90.3 Å². The van der Waals surface area contributed by atoms with Gasteiger partial charge in [-0.05, 0) is 137 Å². The van der Waals surface area contributed by atoms with E-state index in [0.29, 0.717) is 83.4 Å². The number of hydrogen-bond acceptors (Lipinski definition) is 15. The van der Waals surface area contributed by atoms with Crippen LogP contribution in [0.2, 0.25) is 0 Å². The number of nitriles is 1. The van der Waals surface area contributed by atoms with Crippen LogP contribution in [0.15, 0.2) is 106 Å². The van der Waals surface area contributed by atoms with Gasteiger partial charge in [0.05, 0.1) is 41.6 Å². The fourth-order valence-corrected chi connectivity index (χ4v) is 11.8. The van der Waals surface area contributed by atoms with Crippen LogP contribution >= 0.6 is 0 Å². The van der Waals surface area contributed by atoms with Crippen LogP contribution in [-0.4, -0.2) is 75.3 Å². The van der Waals surface area contributed by atoms with Crippen molar-refractivity contribution in [2.75, 3.05) is 30.9 Å². The molecular formula is C53H56N8O9S2. The Morgan fingerprint density at radius 3 is 1.86 bits per heavy atom. The first-order valence-electron chi connectivity index (χ1n) is 23.9. The third kappa shape index (κ3) is 11.1. The highest BCUT2D eigenvalue weighted by Crippen LogP contribution is 2.42. The number of nitrogens with one attached hydrogen (secondary N) is 2. The Morgan fingerprint density at radius 2 is 1.28 bits per heavy atom. The predicted octanol–water partition coefficient (Wildman–Crippen LogP) is 9.38. The SMILES string of the molecule is CCOCCS(=O)(=O)NC1CCc2c(-c3noc(-c4ccc(OC(C)C)c(N(C)c5cccc(CS(=O)(=O)NC6CCc7c(-c8noc(-c9ccc(OC(C)C)c(C#N)c9)n8)cccc76)c5)c4)n3)cccc21. The second kappa shape index (κ2) is 21.0. The minimum absolute atomic E-state index is 0.0977. The van der Waals surface area contributed by atoms with E-state index in [-0.39, 0.29) is 48.1 Å². The molecule has 5 aromatic carbocycles. The number of ether oxygens (including phenoxy) is 3. The smallest absolute Gasteiger partial charge is 0.258 e. The topological polar surface area (TPSA) is 225 Å². The minimum atomic E-state index is -3.84. The highest BCUT2D eigenvalue weighted by atomic mass is 32.2. The van der Waals surface area contributed by atoms with Gasteiger partial charge in [0.15, 0.2) is 0 Å². The Bertz CT molecular complexity index is 3380. The average Bonchev–Trinajstić information content (AvgIpc) is 4.19. The maximum Gasteiger partial charge on any atom is 0.258 e. The Morgan fingerprint density at radius 1 is 0.722 bits per heavy atom. The standard InChI is InChI=1S/C53H56N8O9S2/c1-7-66-25-26-71(62,63)59-45-21-19-39-41(45)13-9-15-43(39)51-56-53(70-58-51)36-18-24-49(68-33(4)5)47(29-36)61(6)38-12-8-11-34(27-38)31-72(64,65)60-46-22-20-40-42(46)14-10-16-44(40)50-55-52(69-57-50)35-17-23-48(67-32(2)3)37(28-35)30-54/h8-18,23-24,27-29,32-33,45-46,59-60H,7,19-22,25-26,31H2,1-6H3. The summed E-state index contributed by atoms with van der Waals surface area (Å²) in [6.45, 7) is 10.1. The van der Waals surface area contributed by atoms with Crippen LogP contribution in [0.25, 0.3) is 45.7 Å². The molecule has 2 N–H and O–H groups in total. The predicted molar refractivity (Wildman–Crippen MR) is 272 cm³/mol. The summed E-state index contributed by atoms with van der Waals surface area (Å²) in [5, 5.41) is 18.4. The van der Waals surface area contributed by atoms with E-state index in [1.807, 2.05) is 119 Å². The van der Waals surface area contributed by atoms with Gasteiger partial charge >= 0.3 is 0 Å². The zero-order valence-corrected chi connectivity index (χ0v) is 42.5. The average molecular weight is 1010 g/mol. The van der Waals surface area contributed by atoms with E-state index in [2.05, 4.69) is 30.8 Å². The van der Waals surface area contributed by atoms with Gasteiger partial charge in [-0.15, -0.1) is 0 Å². The zero-order chi connectivity index (χ0) is 50.7. The number of aromatic nitrogens is 4. The molecule has 2 aliphatic carbocycles. The van der Waals surface area contributed by atoms with Crippen LogP contribution in [0.3, 0.4) is 0 Å². The van der Waals surface area contributed by atoms with Gasteiger partial charge in [-0.2, -0.15) is 15.2 Å². The molecule has 2 atom stereocenters. The summed E-state index contributed by atoms with van der Waals surface area (Å²) in [5.41, 5.74) is 8.71. The molecule has 2 aliphatic rings. The summed E-state index contributed by atoms with van der Waals surface area (Å²) in [4.78, 5) is 11.4. The number of fused-ring (bicyclic) bond motifs is 2. The fourth-order valence-electron chi connectivity index (χ4n) is 9.31. The molecule has 19 heteroatoms. The minimum Gasteiger partial charge on any atom is -0.490 e. The van der Waals surface area contributed by atoms with Gasteiger partial charge in [0.25, 0.3) is 11.8 Å². The van der Waals surface area contributed by atoms with Crippen LogP contribution < -0.4 is 23.8 Å². The molecular weight excluding hydrogens is 957 g/mol. The monoisotopic (exact) mass is 1010 g/mol. The van der Waals surface area contributed by atoms with Gasteiger partial charge in [0.1, 0.15) is 17.6 Å². The lowest BCUT2D eigenvalue weighted by atomic mass is 10.0. The summed E-state index contributed by atoms with van der Waals surface area (Å²) in [7, 11) is -5.52. The number of sulfonamides is 2. The molecule has 0 bridgehead atoms. The lowest BCUT2D eigenvalue weighted by molar-refractivity contribution is 0.163. The number of nitrogens with zero attached hydrogens (tertiary/aromatic N) is 6. The first kappa shape index (κ1) is 50.0. The number of hydrogen-bond donors (Lipinski definition) is 2. The van der Waals surface area contributed by atoms with E-state index in [4.69, 9.17) is 28.2 Å². The van der Waals surface area contributed by atoms with E-state index in [1.54, 1.807) is 24.3 Å². The first-order chi connectivity index (χ1) is 34.6. The lowest BCUT2D eigenvalue weighted by Gasteiger charge is -2.24. The van der Waals surface area contributed by atoms with Gasteiger partial charge in [-0.3, -0.25) is 0 Å². The molecule has 2 aromatic heterocycles. The van der Waals surface area contributed by atoms with E-state index in [1.165, 1.54) is 0 Å². The van der Waals surface area contributed by atoms with Crippen LogP contribution in [-0.2, 0) is 43.4 Å². The molecule has 0 spiro atoms. The molecule has 0 saturated carbocycles. The van der Waals surface area contributed by atoms with Gasteiger partial charge in [-0.1, -0.05) is 58.8 Å². The van der Waals surface area contributed by atoms with Crippen LogP contribution in [0, 0.1) is 11.3 Å². The molecule has 0 aliphatic heterocycles. The Hall–Kier alpha value is -6.95. The van der Waals surface area contributed by atoms with E-state index < -0.39 is 26.1 Å². The van der Waals surface area contributed by atoms with Gasteiger partial charge in [0.2, 0.25) is 31.7 Å². The highest BCUT2D eigenvalue weighted by Gasteiger charge is 2.32. The third-order valence-electron chi connectivity index (χ3n) is 12.5. The first-order valence-corrected chi connectivity index (χ1v) is 27.2. The molecule has 17 nitrogen and oxygen atoms in total. The summed E-state index contributed by atoms with van der Waals surface area (Å²) in [6, 6.07) is 30.8. The maximum absolute atomic E-state index is 14.0. The Balaban J connectivity index is 0.902. The van der Waals surface area contributed by atoms with Gasteiger partial charge < -0.3 is 28.2 Å². The van der Waals surface area contributed by atoms with Gasteiger partial charge in [-0.25, -0.2) is 26.3 Å². The number of anilines is 2. The zero-order valence-electron chi connectivity index (χ0n) is 40.9. The fraction of sp³-hybridized carbons (Fsp3) is 0.340. The molecule has 0 radical (unpaired) electrons. The third-order valence-corrected chi connectivity index (χ3v) is 15.2. The second-order valence-electron chi connectivity index (χ2n) is 18.4. The maximum atomic E-state index is 14.0. The van der Waals surface area contributed by atoms with Crippen molar-refractivity contribution in [2.24, 2.45) is 0 Å². The van der Waals surface area contributed by atoms with Gasteiger partial charge in [0, 0.05) is 53.7 Å². The van der Waals surface area contributed by atoms with E-state index in [9.17, 15) is 22.1 Å². The molecule has 72 heavy (non-hydrogen) atoms. The molecule has 0 amide bonds. The molecule has 7 aromatic rings. The van der Waals surface area contributed by atoms with E-state index in [0.717, 1.165) is 39.1 Å². The normalized spacial score (nSPS) is 15.4. The molecule has 0 saturated heterocycles. The van der Waals surface area contributed by atoms with Crippen molar-refractivity contribution in [3.05, 3.63) is 130 Å². The summed E-state index contributed by atoms with van der Waals surface area (Å²) in [6.07, 6.45) is 2.14. The van der Waals surface area contributed by atoms with Crippen LogP contribution in [0.1, 0.15) is 92.9 Å². The Kier molecular flexibility index (Phi) is 14.6. The summed E-state index contributed by atoms with van der Waals surface area (Å²) < 4.78 is 88.2. The number of benzene rings is 5. The summed E-state index contributed by atoms with van der Waals surface area (Å²) in [5.74, 6) is 1.98. The van der Waals surface area contributed by atoms with Crippen molar-refractivity contribution < 1.29 is 40.1 Å². The van der Waals surface area contributed by atoms with Crippen LogP contribution in [0.4, 0.5) is 11.4 Å². The molecule has 2 heterocycles. The molecule has 2 unspecified atom stereocenters. The second-order valence-corrected chi connectivity index (χ2v) is 22.0. The molecule has 9 rings (SSSR count). The van der Waals surface area contributed by atoms with Crippen molar-refractivity contribution in [3.8, 4) is 63.3 Å². The molecule has 0 fully saturated rings. The number of rotatable bonds is 20. The molecule has 374 valence electrons.